The average Bonchev–Trinajstić information content (AvgIpc) is 2.95. The number of nitrogens with two attached hydrogens (primary N) is 1. The lowest BCUT2D eigenvalue weighted by Gasteiger charge is -2.26. The van der Waals surface area contributed by atoms with Crippen molar-refractivity contribution in [3.8, 4) is 11.1 Å². The van der Waals surface area contributed by atoms with E-state index in [9.17, 15) is 4.79 Å². The minimum atomic E-state index is -0.294. The lowest BCUT2D eigenvalue weighted by molar-refractivity contribution is 0.1000. The molecule has 3 heteroatoms. The van der Waals surface area contributed by atoms with Gasteiger partial charge in [0.1, 0.15) is 0 Å². The summed E-state index contributed by atoms with van der Waals surface area (Å²) in [7, 11) is 0. The summed E-state index contributed by atoms with van der Waals surface area (Å²) in [6.45, 7) is 4.35. The van der Waals surface area contributed by atoms with Crippen molar-refractivity contribution >= 4 is 5.91 Å². The number of amides is 1. The molecule has 0 saturated heterocycles. The molecular weight excluding hydrogens is 344 g/mol. The summed E-state index contributed by atoms with van der Waals surface area (Å²) in [5.41, 5.74) is 11.3. The Bertz CT molecular complexity index is 768. The fraction of sp³-hybridized carbons (Fsp3) is 0.560. The van der Waals surface area contributed by atoms with Crippen molar-refractivity contribution in [2.45, 2.75) is 90.5 Å². The molecule has 1 aromatic heterocycles. The second-order valence-corrected chi connectivity index (χ2v) is 8.34. The van der Waals surface area contributed by atoms with Crippen molar-refractivity contribution in [2.24, 2.45) is 5.73 Å². The van der Waals surface area contributed by atoms with Gasteiger partial charge in [-0.2, -0.15) is 0 Å². The van der Waals surface area contributed by atoms with Gasteiger partial charge in [0, 0.05) is 23.0 Å². The molecule has 0 bridgehead atoms. The first-order valence-corrected chi connectivity index (χ1v) is 11.2. The number of hydrogen-bond acceptors (Lipinski definition) is 1. The fourth-order valence-corrected chi connectivity index (χ4v) is 4.96. The molecule has 1 saturated carbocycles. The third-order valence-electron chi connectivity index (χ3n) is 6.32. The molecule has 0 spiro atoms. The molecule has 1 heterocycles. The fourth-order valence-electron chi connectivity index (χ4n) is 4.96. The number of hydrogen-bond donors (Lipinski definition) is 1. The maximum Gasteiger partial charge on any atom is 0.251 e. The maximum atomic E-state index is 12.5. The Morgan fingerprint density at radius 1 is 1.04 bits per heavy atom. The van der Waals surface area contributed by atoms with Gasteiger partial charge in [0.2, 0.25) is 0 Å². The summed E-state index contributed by atoms with van der Waals surface area (Å²) in [6, 6.07) is 10.9. The highest BCUT2D eigenvalue weighted by Gasteiger charge is 2.28. The van der Waals surface area contributed by atoms with Crippen molar-refractivity contribution in [1.82, 2.24) is 4.57 Å². The number of rotatable bonds is 7. The highest BCUT2D eigenvalue weighted by molar-refractivity contribution is 6.02. The molecule has 3 rings (SSSR count). The predicted molar refractivity (Wildman–Crippen MR) is 118 cm³/mol. The van der Waals surface area contributed by atoms with Crippen LogP contribution < -0.4 is 5.73 Å². The van der Waals surface area contributed by atoms with Gasteiger partial charge >= 0.3 is 0 Å². The number of unbranched alkanes of at least 4 members (excludes halogenated alkanes) is 2. The lowest BCUT2D eigenvalue weighted by atomic mass is 9.95. The van der Waals surface area contributed by atoms with E-state index in [1.165, 1.54) is 63.5 Å². The van der Waals surface area contributed by atoms with Crippen molar-refractivity contribution in [3.63, 3.8) is 0 Å². The Morgan fingerprint density at radius 3 is 2.29 bits per heavy atom. The second kappa shape index (κ2) is 9.95. The molecule has 1 aromatic carbocycles. The standard InChI is InChI=1S/C25H36N2O/c1-3-4-9-18-22-24(20-14-10-8-11-15-20)23(25(26)28)19(2)27(22)21-16-12-6-5-7-13-17-21/h8,10-11,14-15,21H,3-7,9,12-13,16-18H2,1-2H3,(H2,26,28). The molecule has 0 atom stereocenters. The molecule has 2 N–H and O–H groups in total. The van der Waals surface area contributed by atoms with E-state index in [2.05, 4.69) is 42.7 Å². The summed E-state index contributed by atoms with van der Waals surface area (Å²) in [4.78, 5) is 12.5. The first kappa shape index (κ1) is 20.7. The van der Waals surface area contributed by atoms with Crippen LogP contribution in [0.1, 0.15) is 98.9 Å². The first-order valence-electron chi connectivity index (χ1n) is 11.2. The van der Waals surface area contributed by atoms with Crippen LogP contribution in [0, 0.1) is 6.92 Å². The molecule has 3 nitrogen and oxygen atoms in total. The Labute approximate surface area is 170 Å². The first-order chi connectivity index (χ1) is 13.6. The monoisotopic (exact) mass is 380 g/mol. The van der Waals surface area contributed by atoms with E-state index >= 15 is 0 Å². The molecule has 1 fully saturated rings. The summed E-state index contributed by atoms with van der Waals surface area (Å²) < 4.78 is 2.52. The summed E-state index contributed by atoms with van der Waals surface area (Å²) in [6.07, 6.45) is 13.6. The number of benzene rings is 1. The topological polar surface area (TPSA) is 48.0 Å². The van der Waals surface area contributed by atoms with E-state index in [0.717, 1.165) is 35.2 Å². The molecule has 0 aliphatic heterocycles. The van der Waals surface area contributed by atoms with Gasteiger partial charge in [0.05, 0.1) is 5.56 Å². The predicted octanol–water partition coefficient (Wildman–Crippen LogP) is 6.58. The third kappa shape index (κ3) is 4.51. The molecule has 2 aromatic rings. The maximum absolute atomic E-state index is 12.5. The van der Waals surface area contributed by atoms with Gasteiger partial charge in [-0.1, -0.05) is 82.2 Å². The molecular formula is C25H36N2O. The highest BCUT2D eigenvalue weighted by Crippen LogP contribution is 2.39. The Kier molecular flexibility index (Phi) is 7.36. The molecule has 0 radical (unpaired) electrons. The zero-order chi connectivity index (χ0) is 19.9. The highest BCUT2D eigenvalue weighted by atomic mass is 16.1. The molecule has 28 heavy (non-hydrogen) atoms. The van der Waals surface area contributed by atoms with Crippen molar-refractivity contribution in [1.29, 1.82) is 0 Å². The third-order valence-corrected chi connectivity index (χ3v) is 6.32. The minimum absolute atomic E-state index is 0.294. The molecule has 1 amide bonds. The normalized spacial score (nSPS) is 15.9. The van der Waals surface area contributed by atoms with E-state index in [4.69, 9.17) is 5.73 Å². The van der Waals surface area contributed by atoms with Gasteiger partial charge in [-0.3, -0.25) is 4.79 Å². The van der Waals surface area contributed by atoms with E-state index in [1.54, 1.807) is 0 Å². The van der Waals surface area contributed by atoms with Crippen LogP contribution in [0.5, 0.6) is 0 Å². The Morgan fingerprint density at radius 2 is 1.68 bits per heavy atom. The van der Waals surface area contributed by atoms with Crippen LogP contribution >= 0.6 is 0 Å². The number of aromatic nitrogens is 1. The summed E-state index contributed by atoms with van der Waals surface area (Å²) in [5.74, 6) is -0.294. The van der Waals surface area contributed by atoms with Gasteiger partial charge in [-0.25, -0.2) is 0 Å². The van der Waals surface area contributed by atoms with E-state index in [-0.39, 0.29) is 5.91 Å². The molecule has 1 aliphatic rings. The van der Waals surface area contributed by atoms with Crippen LogP contribution in [0.25, 0.3) is 11.1 Å². The largest absolute Gasteiger partial charge is 0.366 e. The van der Waals surface area contributed by atoms with Crippen LogP contribution in [0.15, 0.2) is 30.3 Å². The van der Waals surface area contributed by atoms with Gasteiger partial charge in [-0.15, -0.1) is 0 Å². The smallest absolute Gasteiger partial charge is 0.251 e. The van der Waals surface area contributed by atoms with Crippen molar-refractivity contribution in [3.05, 3.63) is 47.3 Å². The quantitative estimate of drug-likeness (QED) is 0.542. The van der Waals surface area contributed by atoms with Crippen LogP contribution in [0.4, 0.5) is 0 Å². The number of nitrogens with zero attached hydrogens (tertiary/aromatic N) is 1. The minimum Gasteiger partial charge on any atom is -0.366 e. The second-order valence-electron chi connectivity index (χ2n) is 8.34. The molecule has 1 aliphatic carbocycles. The van der Waals surface area contributed by atoms with Crippen molar-refractivity contribution in [2.75, 3.05) is 0 Å². The molecule has 152 valence electrons. The van der Waals surface area contributed by atoms with Gasteiger partial charge in [-0.05, 0) is 38.2 Å². The number of carbonyl (C=O) groups is 1. The van der Waals surface area contributed by atoms with Gasteiger partial charge in [0.25, 0.3) is 5.91 Å². The number of carbonyl (C=O) groups excluding carboxylic acids is 1. The van der Waals surface area contributed by atoms with E-state index in [0.29, 0.717) is 6.04 Å². The lowest BCUT2D eigenvalue weighted by Crippen LogP contribution is -2.17. The molecule has 0 unspecified atom stereocenters. The van der Waals surface area contributed by atoms with E-state index in [1.807, 2.05) is 6.07 Å². The number of primary amides is 1. The van der Waals surface area contributed by atoms with Crippen LogP contribution in [-0.4, -0.2) is 10.5 Å². The zero-order valence-corrected chi connectivity index (χ0v) is 17.7. The Balaban J connectivity index is 2.14. The van der Waals surface area contributed by atoms with Crippen molar-refractivity contribution < 1.29 is 4.79 Å². The Hall–Kier alpha value is -2.03. The summed E-state index contributed by atoms with van der Waals surface area (Å²) >= 11 is 0. The van der Waals surface area contributed by atoms with E-state index < -0.39 is 0 Å². The SMILES string of the molecule is CCCCCc1c(-c2ccccc2)c(C(N)=O)c(C)n1C1CCCCCCC1. The van der Waals surface area contributed by atoms with Gasteiger partial charge < -0.3 is 10.3 Å². The van der Waals surface area contributed by atoms with Crippen LogP contribution in [0.2, 0.25) is 0 Å². The van der Waals surface area contributed by atoms with Crippen LogP contribution in [0.3, 0.4) is 0 Å². The van der Waals surface area contributed by atoms with Crippen LogP contribution in [-0.2, 0) is 6.42 Å². The van der Waals surface area contributed by atoms with Gasteiger partial charge in [0.15, 0.2) is 0 Å². The summed E-state index contributed by atoms with van der Waals surface area (Å²) in [5, 5.41) is 0. The average molecular weight is 381 g/mol. The zero-order valence-electron chi connectivity index (χ0n) is 17.7.